The van der Waals surface area contributed by atoms with Crippen molar-refractivity contribution < 1.29 is 29.0 Å². The second-order valence-electron chi connectivity index (χ2n) is 5.38. The van der Waals surface area contributed by atoms with Crippen molar-refractivity contribution in [3.05, 3.63) is 65.7 Å². The molecule has 5 N–H and O–H groups in total. The maximum atomic E-state index is 12.1. The molecule has 0 spiro atoms. The number of carboxylic acids is 1. The second kappa shape index (κ2) is 9.53. The molecule has 0 unspecified atom stereocenters. The topological polar surface area (TPSA) is 154 Å². The number of nitrogens with two attached hydrogens (primary N) is 2. The number of hydrogen-bond donors (Lipinski definition) is 3. The number of esters is 2. The van der Waals surface area contributed by atoms with Crippen LogP contribution in [0.4, 0.5) is 5.69 Å². The van der Waals surface area contributed by atoms with Gasteiger partial charge in [-0.25, -0.2) is 19.4 Å². The standard InChI is InChI=1S/C19H17N3O6/c20-19(21)22-14-6-4-13(5-7-14)18(26)28-15-8-1-12(2-9-15)3-10-17(25)27-11-16(23)24/h1-10H,11H2,(H,23,24)(H4,20,21,22)/b10-3+. The van der Waals surface area contributed by atoms with E-state index in [1.165, 1.54) is 18.2 Å². The number of carbonyl (C=O) groups is 3. The Morgan fingerprint density at radius 2 is 1.64 bits per heavy atom. The highest BCUT2D eigenvalue weighted by Gasteiger charge is 2.08. The molecule has 0 atom stereocenters. The maximum Gasteiger partial charge on any atom is 0.343 e. The molecule has 0 bridgehead atoms. The summed E-state index contributed by atoms with van der Waals surface area (Å²) in [4.78, 5) is 37.6. The van der Waals surface area contributed by atoms with Crippen LogP contribution in [-0.4, -0.2) is 35.6 Å². The van der Waals surface area contributed by atoms with E-state index >= 15 is 0 Å². The van der Waals surface area contributed by atoms with Gasteiger partial charge in [-0.15, -0.1) is 0 Å². The van der Waals surface area contributed by atoms with Gasteiger partial charge in [-0.2, -0.15) is 0 Å². The van der Waals surface area contributed by atoms with Gasteiger partial charge in [-0.1, -0.05) is 12.1 Å². The van der Waals surface area contributed by atoms with Crippen LogP contribution in [0.1, 0.15) is 15.9 Å². The molecule has 0 aromatic heterocycles. The third-order valence-corrected chi connectivity index (χ3v) is 3.20. The number of hydrogen-bond acceptors (Lipinski definition) is 6. The number of guanidine groups is 1. The minimum atomic E-state index is -1.24. The first-order valence-corrected chi connectivity index (χ1v) is 7.92. The number of ether oxygens (including phenoxy) is 2. The molecule has 144 valence electrons. The van der Waals surface area contributed by atoms with Gasteiger partial charge in [0, 0.05) is 6.08 Å². The van der Waals surface area contributed by atoms with Gasteiger partial charge in [0.25, 0.3) is 0 Å². The number of nitrogens with zero attached hydrogens (tertiary/aromatic N) is 1. The minimum Gasteiger partial charge on any atom is -0.479 e. The van der Waals surface area contributed by atoms with Gasteiger partial charge in [0.1, 0.15) is 5.75 Å². The summed E-state index contributed by atoms with van der Waals surface area (Å²) >= 11 is 0. The smallest absolute Gasteiger partial charge is 0.343 e. The predicted molar refractivity (Wildman–Crippen MR) is 101 cm³/mol. The van der Waals surface area contributed by atoms with Crippen LogP contribution < -0.4 is 16.2 Å². The summed E-state index contributed by atoms with van der Waals surface area (Å²) in [5, 5.41) is 8.42. The molecule has 0 fully saturated rings. The fraction of sp³-hybridized carbons (Fsp3) is 0.0526. The molecule has 0 radical (unpaired) electrons. The molecular weight excluding hydrogens is 366 g/mol. The van der Waals surface area contributed by atoms with E-state index in [1.54, 1.807) is 36.4 Å². The van der Waals surface area contributed by atoms with Crippen molar-refractivity contribution in [2.45, 2.75) is 0 Å². The highest BCUT2D eigenvalue weighted by atomic mass is 16.5. The van der Waals surface area contributed by atoms with Gasteiger partial charge in [0.05, 0.1) is 11.3 Å². The van der Waals surface area contributed by atoms with Crippen molar-refractivity contribution in [3.8, 4) is 5.75 Å². The number of aliphatic imine (C=N–C) groups is 1. The summed E-state index contributed by atoms with van der Waals surface area (Å²) < 4.78 is 9.73. The van der Waals surface area contributed by atoms with E-state index in [0.29, 0.717) is 22.6 Å². The monoisotopic (exact) mass is 383 g/mol. The zero-order chi connectivity index (χ0) is 20.5. The average Bonchev–Trinajstić information content (AvgIpc) is 2.66. The zero-order valence-electron chi connectivity index (χ0n) is 14.6. The van der Waals surface area contributed by atoms with Crippen molar-refractivity contribution in [1.82, 2.24) is 0 Å². The second-order valence-corrected chi connectivity index (χ2v) is 5.38. The predicted octanol–water partition coefficient (Wildman–Crippen LogP) is 1.45. The molecule has 0 amide bonds. The molecule has 28 heavy (non-hydrogen) atoms. The first-order chi connectivity index (χ1) is 13.3. The van der Waals surface area contributed by atoms with Crippen molar-refractivity contribution in [2.24, 2.45) is 16.5 Å². The van der Waals surface area contributed by atoms with Crippen LogP contribution in [0.3, 0.4) is 0 Å². The minimum absolute atomic E-state index is 0.0837. The Labute approximate surface area is 159 Å². The van der Waals surface area contributed by atoms with E-state index in [9.17, 15) is 14.4 Å². The highest BCUT2D eigenvalue weighted by molar-refractivity contribution is 5.91. The molecule has 2 aromatic rings. The Kier molecular flexibility index (Phi) is 6.87. The average molecular weight is 383 g/mol. The first kappa shape index (κ1) is 20.2. The molecule has 9 nitrogen and oxygen atoms in total. The van der Waals surface area contributed by atoms with Crippen LogP contribution in [-0.2, 0) is 14.3 Å². The Bertz CT molecular complexity index is 914. The van der Waals surface area contributed by atoms with Crippen molar-refractivity contribution in [3.63, 3.8) is 0 Å². The molecule has 2 aromatic carbocycles. The largest absolute Gasteiger partial charge is 0.479 e. The Morgan fingerprint density at radius 1 is 1.00 bits per heavy atom. The molecule has 0 aliphatic rings. The quantitative estimate of drug-likeness (QED) is 0.213. The molecule has 0 heterocycles. The number of carbonyl (C=O) groups excluding carboxylic acids is 2. The van der Waals surface area contributed by atoms with Gasteiger partial charge in [-0.3, -0.25) is 0 Å². The van der Waals surface area contributed by atoms with Gasteiger partial charge in [-0.05, 0) is 48.0 Å². The molecule has 0 aliphatic carbocycles. The Morgan fingerprint density at radius 3 is 2.21 bits per heavy atom. The summed E-state index contributed by atoms with van der Waals surface area (Å²) in [7, 11) is 0. The lowest BCUT2D eigenvalue weighted by atomic mass is 10.2. The fourth-order valence-electron chi connectivity index (χ4n) is 1.98. The van der Waals surface area contributed by atoms with Crippen LogP contribution >= 0.6 is 0 Å². The molecule has 2 rings (SSSR count). The van der Waals surface area contributed by atoms with E-state index in [0.717, 1.165) is 6.08 Å². The number of carboxylic acid groups (broad SMARTS) is 1. The molecule has 0 saturated carbocycles. The van der Waals surface area contributed by atoms with E-state index < -0.39 is 24.5 Å². The van der Waals surface area contributed by atoms with Crippen molar-refractivity contribution in [2.75, 3.05) is 6.61 Å². The van der Waals surface area contributed by atoms with Crippen molar-refractivity contribution >= 4 is 35.6 Å². The third kappa shape index (κ3) is 6.64. The van der Waals surface area contributed by atoms with E-state index in [1.807, 2.05) is 0 Å². The van der Waals surface area contributed by atoms with Crippen LogP contribution in [0, 0.1) is 0 Å². The Balaban J connectivity index is 1.94. The van der Waals surface area contributed by atoms with Crippen LogP contribution in [0.5, 0.6) is 5.75 Å². The van der Waals surface area contributed by atoms with E-state index in [2.05, 4.69) is 9.73 Å². The summed E-state index contributed by atoms with van der Waals surface area (Å²) in [5.41, 5.74) is 12.0. The third-order valence-electron chi connectivity index (χ3n) is 3.20. The zero-order valence-corrected chi connectivity index (χ0v) is 14.6. The molecule has 0 aliphatic heterocycles. The number of benzene rings is 2. The summed E-state index contributed by atoms with van der Waals surface area (Å²) in [6, 6.07) is 12.5. The molecular formula is C19H17N3O6. The van der Waals surface area contributed by atoms with E-state index in [-0.39, 0.29) is 5.96 Å². The van der Waals surface area contributed by atoms with Gasteiger partial charge in [0.2, 0.25) is 0 Å². The van der Waals surface area contributed by atoms with Crippen LogP contribution in [0.15, 0.2) is 59.6 Å². The van der Waals surface area contributed by atoms with Crippen molar-refractivity contribution in [1.29, 1.82) is 0 Å². The lowest BCUT2D eigenvalue weighted by Gasteiger charge is -2.05. The lowest BCUT2D eigenvalue weighted by Crippen LogP contribution is -2.21. The first-order valence-electron chi connectivity index (χ1n) is 7.92. The lowest BCUT2D eigenvalue weighted by molar-refractivity contribution is -0.151. The molecule has 0 saturated heterocycles. The summed E-state index contributed by atoms with van der Waals surface area (Å²) in [5.74, 6) is -2.35. The summed E-state index contributed by atoms with van der Waals surface area (Å²) in [6.45, 7) is -0.703. The van der Waals surface area contributed by atoms with Gasteiger partial charge in [0.15, 0.2) is 12.6 Å². The fourth-order valence-corrected chi connectivity index (χ4v) is 1.98. The maximum absolute atomic E-state index is 12.1. The molecule has 9 heteroatoms. The van der Waals surface area contributed by atoms with E-state index in [4.69, 9.17) is 21.3 Å². The normalized spacial score (nSPS) is 10.3. The van der Waals surface area contributed by atoms with Crippen LogP contribution in [0.25, 0.3) is 6.08 Å². The van der Waals surface area contributed by atoms with Gasteiger partial charge >= 0.3 is 17.9 Å². The SMILES string of the molecule is NC(N)=Nc1ccc(C(=O)Oc2ccc(/C=C/C(=O)OCC(=O)O)cc2)cc1. The summed E-state index contributed by atoms with van der Waals surface area (Å²) in [6.07, 6.45) is 2.54. The highest BCUT2D eigenvalue weighted by Crippen LogP contribution is 2.17. The number of rotatable bonds is 7. The number of aliphatic carboxylic acids is 1. The Hall–Kier alpha value is -4.14. The van der Waals surface area contributed by atoms with Crippen LogP contribution in [0.2, 0.25) is 0 Å². The van der Waals surface area contributed by atoms with Gasteiger partial charge < -0.3 is 26.0 Å².